The maximum absolute atomic E-state index is 12.8. The molecule has 0 atom stereocenters. The molecule has 8 nitrogen and oxygen atoms in total. The number of nitro benzene ring substituents is 1. The van der Waals surface area contributed by atoms with Gasteiger partial charge in [-0.3, -0.25) is 24.5 Å². The summed E-state index contributed by atoms with van der Waals surface area (Å²) in [7, 11) is 0. The Morgan fingerprint density at radius 2 is 1.79 bits per heavy atom. The molecule has 0 heterocycles. The lowest BCUT2D eigenvalue weighted by Crippen LogP contribution is -2.15. The predicted octanol–water partition coefficient (Wildman–Crippen LogP) is 3.58. The molecule has 0 saturated heterocycles. The van der Waals surface area contributed by atoms with Crippen molar-refractivity contribution in [1.82, 2.24) is 0 Å². The van der Waals surface area contributed by atoms with E-state index in [1.807, 2.05) is 0 Å². The number of anilines is 1. The highest BCUT2D eigenvalue weighted by atomic mass is 19.1. The number of esters is 1. The third-order valence-corrected chi connectivity index (χ3v) is 4.00. The number of nitrogens with one attached hydrogen (secondary N) is 1. The van der Waals surface area contributed by atoms with E-state index in [2.05, 4.69) is 5.32 Å². The van der Waals surface area contributed by atoms with Gasteiger partial charge in [0.2, 0.25) is 11.7 Å². The summed E-state index contributed by atoms with van der Waals surface area (Å²) in [5, 5.41) is 13.5. The average molecular weight is 402 g/mol. The predicted molar refractivity (Wildman–Crippen MR) is 102 cm³/mol. The van der Waals surface area contributed by atoms with Crippen LogP contribution >= 0.6 is 0 Å². The first-order valence-electron chi connectivity index (χ1n) is 8.75. The summed E-state index contributed by atoms with van der Waals surface area (Å²) in [5.41, 5.74) is 0.752. The minimum atomic E-state index is -0.658. The molecule has 0 fully saturated rings. The summed E-state index contributed by atoms with van der Waals surface area (Å²) in [6, 6.07) is 9.29. The van der Waals surface area contributed by atoms with Gasteiger partial charge in [0.25, 0.3) is 5.69 Å². The molecular weight excluding hydrogens is 383 g/mol. The van der Waals surface area contributed by atoms with Crippen molar-refractivity contribution in [3.05, 3.63) is 69.5 Å². The van der Waals surface area contributed by atoms with Crippen LogP contribution in [0.5, 0.6) is 0 Å². The third kappa shape index (κ3) is 6.80. The first-order valence-corrected chi connectivity index (χ1v) is 8.75. The minimum Gasteiger partial charge on any atom is -0.457 e. The van der Waals surface area contributed by atoms with E-state index in [9.17, 15) is 28.9 Å². The molecule has 9 heteroatoms. The molecule has 0 aliphatic heterocycles. The van der Waals surface area contributed by atoms with Gasteiger partial charge >= 0.3 is 5.97 Å². The van der Waals surface area contributed by atoms with Crippen molar-refractivity contribution in [1.29, 1.82) is 0 Å². The molecule has 0 radical (unpaired) electrons. The number of amides is 1. The molecule has 29 heavy (non-hydrogen) atoms. The standard InChI is InChI=1S/C20H19FN2O6/c1-13-5-6-14(11-17(13)23(27)28)18(24)12-29-20(26)4-2-3-19(25)22-16-9-7-15(21)8-10-16/h5-11H,2-4,12H2,1H3,(H,22,25). The summed E-state index contributed by atoms with van der Waals surface area (Å²) in [4.78, 5) is 45.9. The number of ether oxygens (including phenoxy) is 1. The van der Waals surface area contributed by atoms with E-state index in [1.54, 1.807) is 6.92 Å². The van der Waals surface area contributed by atoms with Crippen LogP contribution in [0.2, 0.25) is 0 Å². The SMILES string of the molecule is Cc1ccc(C(=O)COC(=O)CCCC(=O)Nc2ccc(F)cc2)cc1[N+](=O)[O-]. The lowest BCUT2D eigenvalue weighted by Gasteiger charge is -2.06. The van der Waals surface area contributed by atoms with Gasteiger partial charge in [-0.2, -0.15) is 0 Å². The molecule has 1 amide bonds. The Morgan fingerprint density at radius 3 is 2.45 bits per heavy atom. The van der Waals surface area contributed by atoms with Crippen molar-refractivity contribution >= 4 is 29.0 Å². The zero-order valence-electron chi connectivity index (χ0n) is 15.6. The van der Waals surface area contributed by atoms with Gasteiger partial charge in [0.05, 0.1) is 4.92 Å². The van der Waals surface area contributed by atoms with Crippen LogP contribution in [0.4, 0.5) is 15.8 Å². The maximum atomic E-state index is 12.8. The normalized spacial score (nSPS) is 10.3. The Hall–Kier alpha value is -3.62. The number of nitrogens with zero attached hydrogens (tertiary/aromatic N) is 1. The average Bonchev–Trinajstić information content (AvgIpc) is 2.68. The third-order valence-electron chi connectivity index (χ3n) is 4.00. The quantitative estimate of drug-likeness (QED) is 0.297. The number of hydrogen-bond donors (Lipinski definition) is 1. The molecule has 152 valence electrons. The Bertz CT molecular complexity index is 927. The van der Waals surface area contributed by atoms with Crippen molar-refractivity contribution in [3.63, 3.8) is 0 Å². The van der Waals surface area contributed by atoms with Gasteiger partial charge in [-0.25, -0.2) is 4.39 Å². The lowest BCUT2D eigenvalue weighted by atomic mass is 10.1. The number of ketones is 1. The fourth-order valence-corrected chi connectivity index (χ4v) is 2.43. The topological polar surface area (TPSA) is 116 Å². The molecule has 2 aromatic rings. The highest BCUT2D eigenvalue weighted by Crippen LogP contribution is 2.19. The van der Waals surface area contributed by atoms with Crippen molar-refractivity contribution < 1.29 is 28.4 Å². The van der Waals surface area contributed by atoms with Crippen LogP contribution in [-0.2, 0) is 14.3 Å². The minimum absolute atomic E-state index is 0.0462. The molecule has 0 bridgehead atoms. The zero-order valence-corrected chi connectivity index (χ0v) is 15.6. The number of halogens is 1. The second-order valence-corrected chi connectivity index (χ2v) is 6.25. The number of nitro groups is 1. The molecule has 0 spiro atoms. The van der Waals surface area contributed by atoms with Gasteiger partial charge in [0.1, 0.15) is 5.82 Å². The molecule has 0 saturated carbocycles. The first kappa shape index (κ1) is 21.7. The number of carbonyl (C=O) groups is 3. The van der Waals surface area contributed by atoms with Gasteiger partial charge in [-0.15, -0.1) is 0 Å². The summed E-state index contributed by atoms with van der Waals surface area (Å²) in [6.07, 6.45) is 0.179. The lowest BCUT2D eigenvalue weighted by molar-refractivity contribution is -0.385. The van der Waals surface area contributed by atoms with E-state index in [4.69, 9.17) is 4.74 Å². The van der Waals surface area contributed by atoms with Crippen molar-refractivity contribution in [2.75, 3.05) is 11.9 Å². The Labute approximate surface area is 165 Å². The van der Waals surface area contributed by atoms with Crippen LogP contribution in [0.25, 0.3) is 0 Å². The smallest absolute Gasteiger partial charge is 0.306 e. The van der Waals surface area contributed by atoms with Crippen LogP contribution in [0, 0.1) is 22.9 Å². The summed E-state index contributed by atoms with van der Waals surface area (Å²) < 4.78 is 17.7. The van der Waals surface area contributed by atoms with Crippen molar-refractivity contribution in [2.24, 2.45) is 0 Å². The number of rotatable bonds is 9. The molecule has 0 aliphatic rings. The monoisotopic (exact) mass is 402 g/mol. The van der Waals surface area contributed by atoms with Crippen LogP contribution < -0.4 is 5.32 Å². The van der Waals surface area contributed by atoms with E-state index < -0.39 is 29.1 Å². The van der Waals surface area contributed by atoms with Gasteiger partial charge < -0.3 is 10.1 Å². The van der Waals surface area contributed by atoms with E-state index in [1.165, 1.54) is 36.4 Å². The van der Waals surface area contributed by atoms with Crippen molar-refractivity contribution in [2.45, 2.75) is 26.2 Å². The van der Waals surface area contributed by atoms with Gasteiger partial charge in [0.15, 0.2) is 6.61 Å². The summed E-state index contributed by atoms with van der Waals surface area (Å²) in [5.74, 6) is -1.97. The maximum Gasteiger partial charge on any atom is 0.306 e. The van der Waals surface area contributed by atoms with Gasteiger partial charge in [-0.1, -0.05) is 12.1 Å². The Balaban J connectivity index is 1.73. The molecule has 1 N–H and O–H groups in total. The Kier molecular flexibility index (Phi) is 7.53. The molecule has 2 rings (SSSR count). The number of hydrogen-bond acceptors (Lipinski definition) is 6. The summed E-state index contributed by atoms with van der Waals surface area (Å²) >= 11 is 0. The van der Waals surface area contributed by atoms with Crippen molar-refractivity contribution in [3.8, 4) is 0 Å². The fraction of sp³-hybridized carbons (Fsp3) is 0.250. The second kappa shape index (κ2) is 10.1. The summed E-state index contributed by atoms with van der Waals surface area (Å²) in [6.45, 7) is 1.01. The number of carbonyl (C=O) groups excluding carboxylic acids is 3. The van der Waals surface area contributed by atoms with E-state index in [0.29, 0.717) is 11.3 Å². The van der Waals surface area contributed by atoms with E-state index in [-0.39, 0.29) is 36.4 Å². The van der Waals surface area contributed by atoms with Crippen LogP contribution in [-0.4, -0.2) is 29.2 Å². The number of Topliss-reactive ketones (excluding diaryl/α,β-unsaturated/α-hetero) is 1. The largest absolute Gasteiger partial charge is 0.457 e. The molecule has 0 aliphatic carbocycles. The molecule has 2 aromatic carbocycles. The fourth-order valence-electron chi connectivity index (χ4n) is 2.43. The van der Waals surface area contributed by atoms with Gasteiger partial charge in [0, 0.05) is 35.7 Å². The molecular formula is C20H19FN2O6. The number of aryl methyl sites for hydroxylation is 1. The van der Waals surface area contributed by atoms with E-state index in [0.717, 1.165) is 6.07 Å². The van der Waals surface area contributed by atoms with E-state index >= 15 is 0 Å². The first-order chi connectivity index (χ1) is 13.8. The number of benzene rings is 2. The second-order valence-electron chi connectivity index (χ2n) is 6.25. The van der Waals surface area contributed by atoms with Crippen LogP contribution in [0.1, 0.15) is 35.2 Å². The van der Waals surface area contributed by atoms with Gasteiger partial charge in [-0.05, 0) is 37.6 Å². The van der Waals surface area contributed by atoms with Crippen LogP contribution in [0.3, 0.4) is 0 Å². The highest BCUT2D eigenvalue weighted by molar-refractivity contribution is 5.98. The molecule has 0 aromatic heterocycles. The highest BCUT2D eigenvalue weighted by Gasteiger charge is 2.16. The zero-order chi connectivity index (χ0) is 21.4. The molecule has 0 unspecified atom stereocenters. The Morgan fingerprint density at radius 1 is 1.10 bits per heavy atom. The van der Waals surface area contributed by atoms with Crippen LogP contribution in [0.15, 0.2) is 42.5 Å².